The molecule has 1 aromatic heterocycles. The van der Waals surface area contributed by atoms with Crippen LogP contribution in [0.2, 0.25) is 0 Å². The highest BCUT2D eigenvalue weighted by molar-refractivity contribution is 5.94. The summed E-state index contributed by atoms with van der Waals surface area (Å²) in [5.41, 5.74) is 0.280. The van der Waals surface area contributed by atoms with Gasteiger partial charge in [0.2, 0.25) is 0 Å². The van der Waals surface area contributed by atoms with Crippen LogP contribution in [0.3, 0.4) is 0 Å². The number of carboxylic acid groups (broad SMARTS) is 1. The summed E-state index contributed by atoms with van der Waals surface area (Å²) < 4.78 is 5.15. The molecular weight excluding hydrogens is 236 g/mol. The number of carbonyl (C=O) groups excluding carboxylic acids is 1. The number of amides is 1. The lowest BCUT2D eigenvalue weighted by Crippen LogP contribution is -2.30. The van der Waals surface area contributed by atoms with Crippen molar-refractivity contribution in [3.8, 4) is 0 Å². The molecule has 0 spiro atoms. The van der Waals surface area contributed by atoms with Crippen LogP contribution in [0, 0.1) is 0 Å². The molecule has 0 fully saturated rings. The predicted octanol–water partition coefficient (Wildman–Crippen LogP) is 0.888. The van der Waals surface area contributed by atoms with E-state index in [4.69, 9.17) is 9.84 Å². The summed E-state index contributed by atoms with van der Waals surface area (Å²) in [7, 11) is 1.66. The van der Waals surface area contributed by atoms with E-state index < -0.39 is 5.97 Å². The van der Waals surface area contributed by atoms with Gasteiger partial charge in [-0.3, -0.25) is 4.79 Å². The maximum absolute atomic E-state index is 11.9. The number of ether oxygens (including phenoxy) is 1. The number of carbonyl (C=O) groups is 2. The highest BCUT2D eigenvalue weighted by Crippen LogP contribution is 2.04. The Morgan fingerprint density at radius 2 is 2.17 bits per heavy atom. The first-order valence-corrected chi connectivity index (χ1v) is 5.58. The van der Waals surface area contributed by atoms with E-state index in [0.29, 0.717) is 25.3 Å². The van der Waals surface area contributed by atoms with E-state index in [9.17, 15) is 9.59 Å². The van der Waals surface area contributed by atoms with Gasteiger partial charge in [-0.2, -0.15) is 0 Å². The average Bonchev–Trinajstić information content (AvgIpc) is 2.38. The Hall–Kier alpha value is -1.95. The minimum Gasteiger partial charge on any atom is -0.477 e. The van der Waals surface area contributed by atoms with Crippen molar-refractivity contribution >= 4 is 11.9 Å². The molecule has 0 aliphatic rings. The Morgan fingerprint density at radius 3 is 2.67 bits per heavy atom. The van der Waals surface area contributed by atoms with Crippen molar-refractivity contribution in [3.05, 3.63) is 29.6 Å². The summed E-state index contributed by atoms with van der Waals surface area (Å²) in [6.07, 6.45) is 1.27. The summed E-state index contributed by atoms with van der Waals surface area (Å²) in [5.74, 6) is -1.32. The fourth-order valence-corrected chi connectivity index (χ4v) is 1.31. The molecule has 0 atom stereocenters. The molecule has 6 heteroatoms. The Labute approximate surface area is 105 Å². The Kier molecular flexibility index (Phi) is 5.26. The number of hydrogen-bond acceptors (Lipinski definition) is 4. The van der Waals surface area contributed by atoms with E-state index in [0.717, 1.165) is 0 Å². The maximum Gasteiger partial charge on any atom is 0.354 e. The Morgan fingerprint density at radius 1 is 1.44 bits per heavy atom. The van der Waals surface area contributed by atoms with Crippen molar-refractivity contribution in [2.75, 3.05) is 26.8 Å². The number of hydrogen-bond donors (Lipinski definition) is 1. The third-order valence-corrected chi connectivity index (χ3v) is 2.35. The van der Waals surface area contributed by atoms with Crippen molar-refractivity contribution in [3.63, 3.8) is 0 Å². The van der Waals surface area contributed by atoms with Crippen LogP contribution < -0.4 is 0 Å². The van der Waals surface area contributed by atoms with E-state index in [1.54, 1.807) is 7.05 Å². The number of nitrogens with zero attached hydrogens (tertiary/aromatic N) is 2. The molecule has 0 saturated carbocycles. The molecule has 0 unspecified atom stereocenters. The first kappa shape index (κ1) is 14.1. The zero-order valence-electron chi connectivity index (χ0n) is 10.4. The Balaban J connectivity index is 2.63. The lowest BCUT2D eigenvalue weighted by molar-refractivity contribution is 0.0684. The van der Waals surface area contributed by atoms with E-state index in [2.05, 4.69) is 4.98 Å². The standard InChI is InChI=1S/C12H16N2O4/c1-3-18-7-6-14(2)11(15)9-4-5-10(12(16)17)13-8-9/h4-5,8H,3,6-7H2,1-2H3,(H,16,17). The molecule has 98 valence electrons. The smallest absolute Gasteiger partial charge is 0.354 e. The van der Waals surface area contributed by atoms with Gasteiger partial charge in [0.15, 0.2) is 0 Å². The molecule has 1 aromatic rings. The fourth-order valence-electron chi connectivity index (χ4n) is 1.31. The second-order valence-electron chi connectivity index (χ2n) is 3.66. The molecule has 1 heterocycles. The lowest BCUT2D eigenvalue weighted by atomic mass is 10.2. The molecule has 1 amide bonds. The SMILES string of the molecule is CCOCCN(C)C(=O)c1ccc(C(=O)O)nc1. The summed E-state index contributed by atoms with van der Waals surface area (Å²) >= 11 is 0. The van der Waals surface area contributed by atoms with Crippen LogP contribution in [0.25, 0.3) is 0 Å². The third kappa shape index (κ3) is 3.81. The summed E-state index contributed by atoms with van der Waals surface area (Å²) in [5, 5.41) is 8.69. The van der Waals surface area contributed by atoms with Gasteiger partial charge >= 0.3 is 5.97 Å². The molecule has 0 radical (unpaired) electrons. The molecule has 0 aliphatic heterocycles. The van der Waals surface area contributed by atoms with Crippen LogP contribution >= 0.6 is 0 Å². The number of aromatic carboxylic acids is 1. The van der Waals surface area contributed by atoms with Gasteiger partial charge in [0, 0.05) is 26.4 Å². The highest BCUT2D eigenvalue weighted by atomic mass is 16.5. The van der Waals surface area contributed by atoms with E-state index in [1.807, 2.05) is 6.92 Å². The quantitative estimate of drug-likeness (QED) is 0.760. The minimum atomic E-state index is -1.11. The van der Waals surface area contributed by atoms with Crippen LogP contribution in [-0.2, 0) is 4.74 Å². The first-order valence-electron chi connectivity index (χ1n) is 5.58. The highest BCUT2D eigenvalue weighted by Gasteiger charge is 2.13. The van der Waals surface area contributed by atoms with Crippen LogP contribution in [0.4, 0.5) is 0 Å². The summed E-state index contributed by atoms with van der Waals surface area (Å²) in [4.78, 5) is 27.7. The number of rotatable bonds is 6. The fraction of sp³-hybridized carbons (Fsp3) is 0.417. The van der Waals surface area contributed by atoms with Crippen LogP contribution in [0.15, 0.2) is 18.3 Å². The van der Waals surface area contributed by atoms with Gasteiger partial charge in [-0.1, -0.05) is 0 Å². The average molecular weight is 252 g/mol. The van der Waals surface area contributed by atoms with Crippen LogP contribution in [0.5, 0.6) is 0 Å². The molecule has 0 saturated heterocycles. The summed E-state index contributed by atoms with van der Waals surface area (Å²) in [6.45, 7) is 3.44. The monoisotopic (exact) mass is 252 g/mol. The van der Waals surface area contributed by atoms with Gasteiger partial charge < -0.3 is 14.7 Å². The molecule has 0 aliphatic carbocycles. The molecule has 0 bridgehead atoms. The van der Waals surface area contributed by atoms with E-state index >= 15 is 0 Å². The van der Waals surface area contributed by atoms with E-state index in [-0.39, 0.29) is 11.6 Å². The van der Waals surface area contributed by atoms with Crippen molar-refractivity contribution in [1.82, 2.24) is 9.88 Å². The van der Waals surface area contributed by atoms with Gasteiger partial charge in [-0.25, -0.2) is 9.78 Å². The zero-order chi connectivity index (χ0) is 13.5. The van der Waals surface area contributed by atoms with Crippen LogP contribution in [-0.4, -0.2) is 53.7 Å². The molecule has 1 rings (SSSR count). The molecule has 18 heavy (non-hydrogen) atoms. The molecule has 1 N–H and O–H groups in total. The van der Waals surface area contributed by atoms with Gasteiger partial charge in [0.1, 0.15) is 5.69 Å². The third-order valence-electron chi connectivity index (χ3n) is 2.35. The van der Waals surface area contributed by atoms with Gasteiger partial charge in [0.05, 0.1) is 12.2 Å². The van der Waals surface area contributed by atoms with Crippen LogP contribution in [0.1, 0.15) is 27.8 Å². The second-order valence-corrected chi connectivity index (χ2v) is 3.66. The topological polar surface area (TPSA) is 79.7 Å². The van der Waals surface area contributed by atoms with Crippen molar-refractivity contribution in [1.29, 1.82) is 0 Å². The number of carboxylic acids is 1. The first-order chi connectivity index (χ1) is 8.56. The predicted molar refractivity (Wildman–Crippen MR) is 64.6 cm³/mol. The van der Waals surface area contributed by atoms with E-state index in [1.165, 1.54) is 23.2 Å². The van der Waals surface area contributed by atoms with Gasteiger partial charge in [0.25, 0.3) is 5.91 Å². The van der Waals surface area contributed by atoms with Gasteiger partial charge in [-0.05, 0) is 19.1 Å². The zero-order valence-corrected chi connectivity index (χ0v) is 10.4. The number of aromatic nitrogens is 1. The largest absolute Gasteiger partial charge is 0.477 e. The lowest BCUT2D eigenvalue weighted by Gasteiger charge is -2.16. The second kappa shape index (κ2) is 6.70. The minimum absolute atomic E-state index is 0.0801. The van der Waals surface area contributed by atoms with Crippen molar-refractivity contribution in [2.24, 2.45) is 0 Å². The number of likely N-dealkylation sites (N-methyl/N-ethyl adjacent to an activating group) is 1. The molecule has 0 aromatic carbocycles. The Bertz CT molecular complexity index is 417. The molecule has 6 nitrogen and oxygen atoms in total. The molecular formula is C12H16N2O4. The van der Waals surface area contributed by atoms with Gasteiger partial charge in [-0.15, -0.1) is 0 Å². The number of pyridine rings is 1. The summed E-state index contributed by atoms with van der Waals surface area (Å²) in [6, 6.07) is 2.77. The maximum atomic E-state index is 11.9. The van der Waals surface area contributed by atoms with Crippen molar-refractivity contribution < 1.29 is 19.4 Å². The van der Waals surface area contributed by atoms with Crippen molar-refractivity contribution in [2.45, 2.75) is 6.92 Å². The normalized spacial score (nSPS) is 10.1.